The van der Waals surface area contributed by atoms with E-state index in [1.807, 2.05) is 19.9 Å². The number of aromatic hydroxyl groups is 1. The lowest BCUT2D eigenvalue weighted by Gasteiger charge is -2.60. The molecule has 5 fully saturated rings. The van der Waals surface area contributed by atoms with Crippen molar-refractivity contribution in [3.05, 3.63) is 35.4 Å². The molecule has 4 aliphatic carbocycles. The number of phenols is 1. The lowest BCUT2D eigenvalue weighted by molar-refractivity contribution is -0.164. The molecule has 0 spiro atoms. The van der Waals surface area contributed by atoms with Gasteiger partial charge in [0.1, 0.15) is 0 Å². The molecule has 3 N–H and O–H groups in total. The van der Waals surface area contributed by atoms with Crippen LogP contribution in [-0.4, -0.2) is 69.1 Å². The lowest BCUT2D eigenvalue weighted by atomic mass is 9.45. The molecule has 0 radical (unpaired) electrons. The van der Waals surface area contributed by atoms with Crippen molar-refractivity contribution < 1.29 is 43.8 Å². The second kappa shape index (κ2) is 10.7. The standard InChI is InChI=1S/C38H54O9/c1-33(2,41)14-13-31-37(7,47-32(44-31)21-9-10-25(39)27(17-21)43-8)30-12-16-38(42)23-18-26(40)24-19-28-29(46-34(3,4)45-28)20-35(24,5)22(23)11-15-36(30,38)6/h9-10,17-18,22,24,28-32,39,41-42H,11-16,19-20H2,1-8H3/t22-,24-,28+,29-,30-,31+,32?,35+,36+,37+,38+/m0/s1. The molecule has 1 unspecified atom stereocenters. The van der Waals surface area contributed by atoms with E-state index in [9.17, 15) is 20.1 Å². The zero-order valence-corrected chi connectivity index (χ0v) is 29.3. The Morgan fingerprint density at radius 1 is 1.00 bits per heavy atom. The Balaban J connectivity index is 1.22. The summed E-state index contributed by atoms with van der Waals surface area (Å²) in [6, 6.07) is 5.10. The molecule has 1 aromatic rings. The summed E-state index contributed by atoms with van der Waals surface area (Å²) in [5, 5.41) is 33.9. The van der Waals surface area contributed by atoms with Gasteiger partial charge in [-0.15, -0.1) is 0 Å². The van der Waals surface area contributed by atoms with Gasteiger partial charge in [0.05, 0.1) is 42.2 Å². The quantitative estimate of drug-likeness (QED) is 0.333. The summed E-state index contributed by atoms with van der Waals surface area (Å²) < 4.78 is 31.6. The summed E-state index contributed by atoms with van der Waals surface area (Å²) in [5.41, 5.74) is -2.12. The van der Waals surface area contributed by atoms with Crippen LogP contribution >= 0.6 is 0 Å². The third-order valence-corrected chi connectivity index (χ3v) is 13.4. The normalized spacial score (nSPS) is 45.5. The van der Waals surface area contributed by atoms with E-state index >= 15 is 0 Å². The maximum absolute atomic E-state index is 14.0. The first-order chi connectivity index (χ1) is 21.8. The smallest absolute Gasteiger partial charge is 0.185 e. The highest BCUT2D eigenvalue weighted by Gasteiger charge is 2.71. The number of aliphatic hydroxyl groups is 2. The Morgan fingerprint density at radius 3 is 2.43 bits per heavy atom. The molecule has 9 nitrogen and oxygen atoms in total. The fraction of sp³-hybridized carbons (Fsp3) is 0.763. The molecule has 9 heteroatoms. The van der Waals surface area contributed by atoms with E-state index in [2.05, 4.69) is 20.8 Å². The van der Waals surface area contributed by atoms with Gasteiger partial charge in [-0.25, -0.2) is 0 Å². The van der Waals surface area contributed by atoms with Crippen LogP contribution in [0.1, 0.15) is 112 Å². The molecule has 1 aromatic carbocycles. The minimum atomic E-state index is -1.17. The maximum atomic E-state index is 14.0. The molecule has 11 atom stereocenters. The van der Waals surface area contributed by atoms with Gasteiger partial charge < -0.3 is 39.0 Å². The number of phenolic OH excluding ortho intramolecular Hbond substituents is 1. The number of ketones is 1. The largest absolute Gasteiger partial charge is 0.504 e. The molecule has 2 saturated heterocycles. The molecule has 3 saturated carbocycles. The van der Waals surface area contributed by atoms with Crippen LogP contribution in [0.15, 0.2) is 29.8 Å². The number of carbonyl (C=O) groups is 1. The summed E-state index contributed by atoms with van der Waals surface area (Å²) >= 11 is 0. The van der Waals surface area contributed by atoms with Crippen molar-refractivity contribution in [2.45, 2.75) is 147 Å². The Hall–Kier alpha value is -2.01. The van der Waals surface area contributed by atoms with Crippen molar-refractivity contribution in [1.29, 1.82) is 0 Å². The summed E-state index contributed by atoms with van der Waals surface area (Å²) in [4.78, 5) is 14.0. The lowest BCUT2D eigenvalue weighted by Crippen LogP contribution is -2.62. The highest BCUT2D eigenvalue weighted by molar-refractivity contribution is 5.95. The number of benzene rings is 1. The van der Waals surface area contributed by atoms with E-state index in [1.165, 1.54) is 7.11 Å². The molecule has 260 valence electrons. The van der Waals surface area contributed by atoms with Crippen LogP contribution in [0, 0.1) is 28.6 Å². The van der Waals surface area contributed by atoms with E-state index in [4.69, 9.17) is 23.7 Å². The van der Waals surface area contributed by atoms with Crippen LogP contribution in [0.5, 0.6) is 11.5 Å². The van der Waals surface area contributed by atoms with E-state index < -0.39 is 34.3 Å². The van der Waals surface area contributed by atoms with Gasteiger partial charge in [-0.05, 0) is 127 Å². The zero-order valence-electron chi connectivity index (χ0n) is 29.3. The number of allylic oxidation sites excluding steroid dienone is 1. The maximum Gasteiger partial charge on any atom is 0.185 e. The minimum Gasteiger partial charge on any atom is -0.504 e. The fourth-order valence-electron chi connectivity index (χ4n) is 11.0. The molecule has 47 heavy (non-hydrogen) atoms. The van der Waals surface area contributed by atoms with Crippen LogP contribution < -0.4 is 4.74 Å². The second-order valence-corrected chi connectivity index (χ2v) is 17.2. The summed E-state index contributed by atoms with van der Waals surface area (Å²) in [5.74, 6) is -0.347. The highest BCUT2D eigenvalue weighted by atomic mass is 16.8. The van der Waals surface area contributed by atoms with Crippen molar-refractivity contribution in [3.8, 4) is 11.5 Å². The number of methoxy groups -OCH3 is 1. The van der Waals surface area contributed by atoms with Crippen molar-refractivity contribution in [1.82, 2.24) is 0 Å². The van der Waals surface area contributed by atoms with Gasteiger partial charge in [-0.1, -0.05) is 19.9 Å². The van der Waals surface area contributed by atoms with Crippen LogP contribution in [-0.2, 0) is 23.7 Å². The molecule has 0 amide bonds. The Labute approximate surface area is 278 Å². The third kappa shape index (κ3) is 5.05. The Morgan fingerprint density at radius 2 is 1.72 bits per heavy atom. The van der Waals surface area contributed by atoms with E-state index in [0.717, 1.165) is 30.4 Å². The predicted octanol–water partition coefficient (Wildman–Crippen LogP) is 6.13. The van der Waals surface area contributed by atoms with Gasteiger partial charge in [-0.2, -0.15) is 0 Å². The molecular weight excluding hydrogens is 600 g/mol. The van der Waals surface area contributed by atoms with Gasteiger partial charge in [0.25, 0.3) is 0 Å². The fourth-order valence-corrected chi connectivity index (χ4v) is 11.0. The van der Waals surface area contributed by atoms with Crippen molar-refractivity contribution in [2.75, 3.05) is 7.11 Å². The molecule has 2 aliphatic heterocycles. The first-order valence-electron chi connectivity index (χ1n) is 17.6. The van der Waals surface area contributed by atoms with Gasteiger partial charge >= 0.3 is 0 Å². The molecule has 7 rings (SSSR count). The monoisotopic (exact) mass is 654 g/mol. The number of ether oxygens (including phenoxy) is 5. The Kier molecular flexibility index (Phi) is 7.65. The van der Waals surface area contributed by atoms with E-state index in [0.29, 0.717) is 37.9 Å². The minimum absolute atomic E-state index is 0.0381. The number of hydrogen-bond acceptors (Lipinski definition) is 9. The van der Waals surface area contributed by atoms with Gasteiger partial charge in [-0.3, -0.25) is 4.79 Å². The number of carbonyl (C=O) groups excluding carboxylic acids is 1. The molecular formula is C38H54O9. The van der Waals surface area contributed by atoms with Crippen LogP contribution in [0.3, 0.4) is 0 Å². The Bertz CT molecular complexity index is 1460. The second-order valence-electron chi connectivity index (χ2n) is 17.2. The van der Waals surface area contributed by atoms with Crippen molar-refractivity contribution >= 4 is 5.78 Å². The first-order valence-corrected chi connectivity index (χ1v) is 17.6. The van der Waals surface area contributed by atoms with Crippen molar-refractivity contribution in [2.24, 2.45) is 28.6 Å². The molecule has 0 aromatic heterocycles. The molecule has 2 heterocycles. The summed E-state index contributed by atoms with van der Waals surface area (Å²) in [7, 11) is 1.51. The molecule has 6 aliphatic rings. The van der Waals surface area contributed by atoms with Gasteiger partial charge in [0, 0.05) is 16.9 Å². The first kappa shape index (κ1) is 33.5. The van der Waals surface area contributed by atoms with E-state index in [-0.39, 0.29) is 53.0 Å². The van der Waals surface area contributed by atoms with Crippen LogP contribution in [0.2, 0.25) is 0 Å². The number of rotatable bonds is 6. The zero-order chi connectivity index (χ0) is 33.9. The SMILES string of the molecule is COc1cc(C2O[C@H](CCC(C)(C)O)[C@@](C)([C@H]3CC[C@@]4(O)C5=CC(=O)[C@@H]6C[C@H]7OC(C)(C)O[C@H]7C[C@]6(C)[C@H]5CC[C@]34C)O2)ccc1O. The average molecular weight is 655 g/mol. The number of fused-ring (bicyclic) bond motifs is 6. The number of hydrogen-bond donors (Lipinski definition) is 3. The third-order valence-electron chi connectivity index (χ3n) is 13.4. The topological polar surface area (TPSA) is 124 Å². The summed E-state index contributed by atoms with van der Waals surface area (Å²) in [6.45, 7) is 14.0. The molecule has 0 bridgehead atoms. The van der Waals surface area contributed by atoms with Crippen molar-refractivity contribution in [3.63, 3.8) is 0 Å². The van der Waals surface area contributed by atoms with Crippen LogP contribution in [0.25, 0.3) is 0 Å². The van der Waals surface area contributed by atoms with Gasteiger partial charge in [0.15, 0.2) is 29.4 Å². The predicted molar refractivity (Wildman–Crippen MR) is 174 cm³/mol. The summed E-state index contributed by atoms with van der Waals surface area (Å²) in [6.07, 6.45) is 5.98. The van der Waals surface area contributed by atoms with Gasteiger partial charge in [0.2, 0.25) is 0 Å². The van der Waals surface area contributed by atoms with E-state index in [1.54, 1.807) is 32.0 Å². The van der Waals surface area contributed by atoms with Crippen LogP contribution in [0.4, 0.5) is 0 Å². The average Bonchev–Trinajstić information content (AvgIpc) is 3.57. The highest BCUT2D eigenvalue weighted by Crippen LogP contribution is 2.70.